The second-order valence-electron chi connectivity index (χ2n) is 3.21. The number of hydrogen-bond donors (Lipinski definition) is 1. The van der Waals surface area contributed by atoms with Gasteiger partial charge in [0, 0.05) is 11.5 Å². The van der Waals surface area contributed by atoms with Crippen LogP contribution in [0.1, 0.15) is 11.1 Å². The SMILES string of the molecule is Cc1cc(=O)[nH]c2c(C)[c]ccc12. The first-order valence-corrected chi connectivity index (χ1v) is 4.19. The van der Waals surface area contributed by atoms with Gasteiger partial charge in [0.15, 0.2) is 0 Å². The molecule has 2 aromatic rings. The smallest absolute Gasteiger partial charge is 0.248 e. The van der Waals surface area contributed by atoms with Crippen molar-refractivity contribution in [1.29, 1.82) is 0 Å². The molecule has 2 nitrogen and oxygen atoms in total. The Morgan fingerprint density at radius 2 is 2.15 bits per heavy atom. The molecule has 0 atom stereocenters. The van der Waals surface area contributed by atoms with E-state index in [1.807, 2.05) is 26.0 Å². The maximum atomic E-state index is 11.2. The summed E-state index contributed by atoms with van der Waals surface area (Å²) in [6.07, 6.45) is 0. The van der Waals surface area contributed by atoms with E-state index in [-0.39, 0.29) is 5.56 Å². The summed E-state index contributed by atoms with van der Waals surface area (Å²) < 4.78 is 0. The van der Waals surface area contributed by atoms with Crippen molar-refractivity contribution >= 4 is 10.9 Å². The van der Waals surface area contributed by atoms with E-state index >= 15 is 0 Å². The maximum Gasteiger partial charge on any atom is 0.248 e. The lowest BCUT2D eigenvalue weighted by Gasteiger charge is -2.02. The Morgan fingerprint density at radius 1 is 1.38 bits per heavy atom. The first-order chi connectivity index (χ1) is 6.18. The van der Waals surface area contributed by atoms with Gasteiger partial charge in [0.05, 0.1) is 5.52 Å². The largest absolute Gasteiger partial charge is 0.322 e. The van der Waals surface area contributed by atoms with Gasteiger partial charge in [-0.15, -0.1) is 0 Å². The topological polar surface area (TPSA) is 32.9 Å². The van der Waals surface area contributed by atoms with Crippen LogP contribution >= 0.6 is 0 Å². The van der Waals surface area contributed by atoms with Gasteiger partial charge < -0.3 is 4.98 Å². The molecule has 0 amide bonds. The molecule has 0 unspecified atom stereocenters. The minimum Gasteiger partial charge on any atom is -0.322 e. The lowest BCUT2D eigenvalue weighted by molar-refractivity contribution is 1.26. The quantitative estimate of drug-likeness (QED) is 0.647. The molecule has 65 valence electrons. The van der Waals surface area contributed by atoms with Gasteiger partial charge in [-0.2, -0.15) is 0 Å². The Balaban J connectivity index is 3.03. The number of fused-ring (bicyclic) bond motifs is 1. The zero-order valence-electron chi connectivity index (χ0n) is 7.64. The zero-order chi connectivity index (χ0) is 9.42. The molecule has 1 N–H and O–H groups in total. The van der Waals surface area contributed by atoms with Crippen molar-refractivity contribution in [1.82, 2.24) is 4.98 Å². The minimum atomic E-state index is -0.0484. The Bertz CT molecular complexity index is 511. The van der Waals surface area contributed by atoms with Crippen LogP contribution in [0, 0.1) is 19.9 Å². The van der Waals surface area contributed by atoms with Gasteiger partial charge in [-0.05, 0) is 31.0 Å². The third kappa shape index (κ3) is 1.24. The van der Waals surface area contributed by atoms with Crippen LogP contribution in [-0.4, -0.2) is 4.98 Å². The summed E-state index contributed by atoms with van der Waals surface area (Å²) in [4.78, 5) is 14.0. The molecule has 0 aliphatic rings. The summed E-state index contributed by atoms with van der Waals surface area (Å²) in [5.41, 5.74) is 2.84. The van der Waals surface area contributed by atoms with Crippen LogP contribution in [0.5, 0.6) is 0 Å². The number of aromatic nitrogens is 1. The monoisotopic (exact) mass is 172 g/mol. The van der Waals surface area contributed by atoms with E-state index in [4.69, 9.17) is 0 Å². The van der Waals surface area contributed by atoms with E-state index in [1.165, 1.54) is 0 Å². The molecule has 0 saturated heterocycles. The molecule has 0 spiro atoms. The van der Waals surface area contributed by atoms with Crippen molar-refractivity contribution in [2.75, 3.05) is 0 Å². The highest BCUT2D eigenvalue weighted by atomic mass is 16.1. The second-order valence-corrected chi connectivity index (χ2v) is 3.21. The fraction of sp³-hybridized carbons (Fsp3) is 0.182. The minimum absolute atomic E-state index is 0.0484. The van der Waals surface area contributed by atoms with Crippen LogP contribution in [0.3, 0.4) is 0 Å². The molecule has 0 fully saturated rings. The van der Waals surface area contributed by atoms with Crippen LogP contribution in [0.2, 0.25) is 0 Å². The van der Waals surface area contributed by atoms with Crippen LogP contribution in [-0.2, 0) is 0 Å². The number of nitrogens with one attached hydrogen (secondary N) is 1. The summed E-state index contributed by atoms with van der Waals surface area (Å²) in [6.45, 7) is 3.88. The van der Waals surface area contributed by atoms with Gasteiger partial charge in [-0.3, -0.25) is 4.79 Å². The average Bonchev–Trinajstić information content (AvgIpc) is 2.07. The lowest BCUT2D eigenvalue weighted by atomic mass is 10.1. The normalized spacial score (nSPS) is 10.6. The van der Waals surface area contributed by atoms with Crippen molar-refractivity contribution in [3.8, 4) is 0 Å². The molecule has 1 heterocycles. The molecular formula is C11H10NO. The molecule has 0 bridgehead atoms. The van der Waals surface area contributed by atoms with E-state index in [0.29, 0.717) is 0 Å². The number of aryl methyl sites for hydroxylation is 2. The van der Waals surface area contributed by atoms with Crippen LogP contribution < -0.4 is 5.56 Å². The van der Waals surface area contributed by atoms with Crippen molar-refractivity contribution in [2.24, 2.45) is 0 Å². The van der Waals surface area contributed by atoms with Crippen molar-refractivity contribution in [3.63, 3.8) is 0 Å². The molecule has 0 saturated carbocycles. The number of benzene rings is 1. The van der Waals surface area contributed by atoms with Crippen LogP contribution in [0.15, 0.2) is 23.0 Å². The molecule has 2 heteroatoms. The predicted molar refractivity (Wildman–Crippen MR) is 52.9 cm³/mol. The molecule has 13 heavy (non-hydrogen) atoms. The van der Waals surface area contributed by atoms with Crippen molar-refractivity contribution in [2.45, 2.75) is 13.8 Å². The Hall–Kier alpha value is -1.57. The third-order valence-corrected chi connectivity index (χ3v) is 2.21. The van der Waals surface area contributed by atoms with Gasteiger partial charge in [0.2, 0.25) is 5.56 Å². The Labute approximate surface area is 76.2 Å². The molecule has 1 aromatic heterocycles. The Kier molecular flexibility index (Phi) is 1.69. The van der Waals surface area contributed by atoms with Crippen LogP contribution in [0.25, 0.3) is 10.9 Å². The van der Waals surface area contributed by atoms with Crippen molar-refractivity contribution < 1.29 is 0 Å². The fourth-order valence-corrected chi connectivity index (χ4v) is 1.53. The fourth-order valence-electron chi connectivity index (χ4n) is 1.53. The molecule has 0 aliphatic carbocycles. The van der Waals surface area contributed by atoms with Crippen molar-refractivity contribution in [3.05, 3.63) is 45.7 Å². The predicted octanol–water partition coefficient (Wildman–Crippen LogP) is 1.95. The molecule has 2 rings (SSSR count). The highest BCUT2D eigenvalue weighted by molar-refractivity contribution is 5.84. The number of rotatable bonds is 0. The van der Waals surface area contributed by atoms with Gasteiger partial charge in [0.1, 0.15) is 0 Å². The number of pyridine rings is 1. The van der Waals surface area contributed by atoms with E-state index in [1.54, 1.807) is 6.07 Å². The summed E-state index contributed by atoms with van der Waals surface area (Å²) in [6, 6.07) is 8.52. The molecule has 0 aliphatic heterocycles. The highest BCUT2D eigenvalue weighted by Crippen LogP contribution is 2.16. The van der Waals surface area contributed by atoms with Gasteiger partial charge in [0.25, 0.3) is 0 Å². The molecular weight excluding hydrogens is 162 g/mol. The summed E-state index contributed by atoms with van der Waals surface area (Å²) in [7, 11) is 0. The first-order valence-electron chi connectivity index (χ1n) is 4.19. The van der Waals surface area contributed by atoms with E-state index in [2.05, 4.69) is 11.1 Å². The van der Waals surface area contributed by atoms with Gasteiger partial charge in [-0.25, -0.2) is 0 Å². The van der Waals surface area contributed by atoms with E-state index < -0.39 is 0 Å². The highest BCUT2D eigenvalue weighted by Gasteiger charge is 2.00. The standard InChI is InChI=1S/C11H10NO/c1-7-4-3-5-9-8(2)6-10(13)12-11(7)9/h3,5-6H,1-2H3,(H,12,13). The number of aromatic amines is 1. The molecule has 1 radical (unpaired) electrons. The Morgan fingerprint density at radius 3 is 2.92 bits per heavy atom. The summed E-state index contributed by atoms with van der Waals surface area (Å²) in [5, 5.41) is 1.09. The van der Waals surface area contributed by atoms with Gasteiger partial charge >= 0.3 is 0 Å². The van der Waals surface area contributed by atoms with E-state index in [9.17, 15) is 4.79 Å². The van der Waals surface area contributed by atoms with Gasteiger partial charge in [-0.1, -0.05) is 12.1 Å². The summed E-state index contributed by atoms with van der Waals surface area (Å²) in [5.74, 6) is 0. The maximum absolute atomic E-state index is 11.2. The third-order valence-electron chi connectivity index (χ3n) is 2.21. The number of hydrogen-bond acceptors (Lipinski definition) is 1. The zero-order valence-corrected chi connectivity index (χ0v) is 7.64. The first kappa shape index (κ1) is 8.05. The lowest BCUT2D eigenvalue weighted by Crippen LogP contribution is -2.05. The molecule has 1 aromatic carbocycles. The average molecular weight is 172 g/mol. The summed E-state index contributed by atoms with van der Waals surface area (Å²) >= 11 is 0. The van der Waals surface area contributed by atoms with E-state index in [0.717, 1.165) is 22.0 Å². The second kappa shape index (κ2) is 2.73. The number of H-pyrrole nitrogens is 1. The van der Waals surface area contributed by atoms with Crippen LogP contribution in [0.4, 0.5) is 0 Å².